The zero-order valence-electron chi connectivity index (χ0n) is 13.0. The molecular weight excluding hydrogens is 272 g/mol. The number of hydrogen-bond acceptors (Lipinski definition) is 2. The Morgan fingerprint density at radius 2 is 1.95 bits per heavy atom. The second-order valence-corrected chi connectivity index (χ2v) is 6.83. The Balaban J connectivity index is 1.92. The summed E-state index contributed by atoms with van der Waals surface area (Å²) in [4.78, 5) is 0. The maximum absolute atomic E-state index is 4.92. The predicted octanol–water partition coefficient (Wildman–Crippen LogP) is 3.78. The van der Waals surface area contributed by atoms with Crippen molar-refractivity contribution in [1.29, 1.82) is 0 Å². The first-order valence-electron chi connectivity index (χ1n) is 7.80. The number of rotatable bonds is 2. The number of aromatic amines is 1. The van der Waals surface area contributed by atoms with Crippen molar-refractivity contribution < 1.29 is 0 Å². The molecule has 1 aliphatic carbocycles. The molecule has 0 amide bonds. The van der Waals surface area contributed by atoms with Gasteiger partial charge in [0.25, 0.3) is 0 Å². The van der Waals surface area contributed by atoms with Crippen LogP contribution in [-0.4, -0.2) is 20.0 Å². The average Bonchev–Trinajstić information content (AvgIpc) is 3.14. The van der Waals surface area contributed by atoms with Gasteiger partial charge >= 0.3 is 0 Å². The largest absolute Gasteiger partial charge is 0.276 e. The van der Waals surface area contributed by atoms with Gasteiger partial charge in [0.2, 0.25) is 0 Å². The van der Waals surface area contributed by atoms with Crippen LogP contribution in [0.5, 0.6) is 0 Å². The first-order chi connectivity index (χ1) is 10.6. The summed E-state index contributed by atoms with van der Waals surface area (Å²) in [6.07, 6.45) is 5.11. The van der Waals surface area contributed by atoms with Gasteiger partial charge in [0.15, 0.2) is 0 Å². The molecule has 1 aromatic carbocycles. The second kappa shape index (κ2) is 4.83. The van der Waals surface area contributed by atoms with Crippen LogP contribution < -0.4 is 0 Å². The van der Waals surface area contributed by atoms with E-state index in [0.717, 1.165) is 29.9 Å². The summed E-state index contributed by atoms with van der Waals surface area (Å²) >= 11 is 0. The van der Waals surface area contributed by atoms with E-state index < -0.39 is 0 Å². The van der Waals surface area contributed by atoms with Gasteiger partial charge in [-0.1, -0.05) is 32.0 Å². The molecular formula is C18H20N4. The van der Waals surface area contributed by atoms with E-state index in [-0.39, 0.29) is 0 Å². The number of benzene rings is 1. The Bertz CT molecular complexity index is 782. The van der Waals surface area contributed by atoms with Crippen LogP contribution >= 0.6 is 0 Å². The van der Waals surface area contributed by atoms with Gasteiger partial charge in [0.1, 0.15) is 5.69 Å². The van der Waals surface area contributed by atoms with Crippen molar-refractivity contribution in [2.45, 2.75) is 33.1 Å². The number of fused-ring (bicyclic) bond motifs is 1. The SMILES string of the molecule is CC1(C)CCc2c(-c3ccn[nH]3)nn(-c3ccccc3)c2C1. The zero-order valence-corrected chi connectivity index (χ0v) is 13.0. The third-order valence-electron chi connectivity index (χ3n) is 4.54. The number of H-pyrrole nitrogens is 1. The summed E-state index contributed by atoms with van der Waals surface area (Å²) in [5.41, 5.74) is 6.21. The molecule has 22 heavy (non-hydrogen) atoms. The molecule has 4 rings (SSSR count). The number of hydrogen-bond donors (Lipinski definition) is 1. The molecule has 3 aromatic rings. The lowest BCUT2D eigenvalue weighted by atomic mass is 9.76. The van der Waals surface area contributed by atoms with Gasteiger partial charge in [0, 0.05) is 17.5 Å². The normalized spacial score (nSPS) is 16.5. The van der Waals surface area contributed by atoms with Gasteiger partial charge in [-0.25, -0.2) is 4.68 Å². The summed E-state index contributed by atoms with van der Waals surface area (Å²) in [7, 11) is 0. The molecule has 112 valence electrons. The van der Waals surface area contributed by atoms with Crippen LogP contribution in [0.25, 0.3) is 17.1 Å². The fourth-order valence-electron chi connectivity index (χ4n) is 3.32. The predicted molar refractivity (Wildman–Crippen MR) is 87.0 cm³/mol. The summed E-state index contributed by atoms with van der Waals surface area (Å²) in [6, 6.07) is 12.4. The highest BCUT2D eigenvalue weighted by Crippen LogP contribution is 2.39. The molecule has 0 radical (unpaired) electrons. The standard InChI is InChI=1S/C18H20N4/c1-18(2)10-8-14-16(12-18)22(13-6-4-3-5-7-13)21-17(14)15-9-11-19-20-15/h3-7,9,11H,8,10,12H2,1-2H3,(H,19,20). The van der Waals surface area contributed by atoms with Crippen molar-refractivity contribution in [1.82, 2.24) is 20.0 Å². The van der Waals surface area contributed by atoms with Crippen LogP contribution in [0.2, 0.25) is 0 Å². The Morgan fingerprint density at radius 3 is 2.68 bits per heavy atom. The van der Waals surface area contributed by atoms with E-state index in [1.807, 2.05) is 12.1 Å². The smallest absolute Gasteiger partial charge is 0.114 e. The van der Waals surface area contributed by atoms with Crippen molar-refractivity contribution in [3.63, 3.8) is 0 Å². The molecule has 0 fully saturated rings. The summed E-state index contributed by atoms with van der Waals surface area (Å²) in [5.74, 6) is 0. The first-order valence-corrected chi connectivity index (χ1v) is 7.80. The van der Waals surface area contributed by atoms with E-state index >= 15 is 0 Å². The van der Waals surface area contributed by atoms with Gasteiger partial charge in [0.05, 0.1) is 11.4 Å². The fourth-order valence-corrected chi connectivity index (χ4v) is 3.32. The van der Waals surface area contributed by atoms with Crippen LogP contribution in [0.3, 0.4) is 0 Å². The molecule has 0 saturated carbocycles. The molecule has 0 atom stereocenters. The van der Waals surface area contributed by atoms with Crippen molar-refractivity contribution in [3.8, 4) is 17.1 Å². The Labute approximate surface area is 130 Å². The molecule has 0 saturated heterocycles. The van der Waals surface area contributed by atoms with Gasteiger partial charge in [-0.15, -0.1) is 0 Å². The fraction of sp³-hybridized carbons (Fsp3) is 0.333. The first kappa shape index (κ1) is 13.3. The summed E-state index contributed by atoms with van der Waals surface area (Å²) in [5, 5.41) is 12.1. The van der Waals surface area contributed by atoms with Gasteiger partial charge in [-0.3, -0.25) is 5.10 Å². The van der Waals surface area contributed by atoms with Crippen LogP contribution in [0.1, 0.15) is 31.5 Å². The van der Waals surface area contributed by atoms with E-state index in [4.69, 9.17) is 5.10 Å². The van der Waals surface area contributed by atoms with Gasteiger partial charge in [-0.05, 0) is 42.9 Å². The number of nitrogens with zero attached hydrogens (tertiary/aromatic N) is 3. The van der Waals surface area contributed by atoms with Crippen LogP contribution in [0.15, 0.2) is 42.6 Å². The molecule has 1 N–H and O–H groups in total. The van der Waals surface area contributed by atoms with E-state index in [2.05, 4.69) is 53.0 Å². The molecule has 0 aliphatic heterocycles. The highest BCUT2D eigenvalue weighted by atomic mass is 15.3. The molecule has 2 aromatic heterocycles. The number of para-hydroxylation sites is 1. The van der Waals surface area contributed by atoms with Crippen molar-refractivity contribution in [3.05, 3.63) is 53.9 Å². The zero-order chi connectivity index (χ0) is 15.2. The minimum absolute atomic E-state index is 0.324. The van der Waals surface area contributed by atoms with E-state index in [9.17, 15) is 0 Å². The van der Waals surface area contributed by atoms with Gasteiger partial charge in [-0.2, -0.15) is 10.2 Å². The molecule has 1 aliphatic rings. The molecule has 4 heteroatoms. The summed E-state index contributed by atoms with van der Waals surface area (Å²) in [6.45, 7) is 4.68. The summed E-state index contributed by atoms with van der Waals surface area (Å²) < 4.78 is 2.12. The Hall–Kier alpha value is -2.36. The molecule has 0 unspecified atom stereocenters. The monoisotopic (exact) mass is 292 g/mol. The average molecular weight is 292 g/mol. The molecule has 4 nitrogen and oxygen atoms in total. The minimum Gasteiger partial charge on any atom is -0.276 e. The topological polar surface area (TPSA) is 46.5 Å². The van der Waals surface area contributed by atoms with Crippen LogP contribution in [-0.2, 0) is 12.8 Å². The maximum atomic E-state index is 4.92. The molecule has 0 spiro atoms. The lowest BCUT2D eigenvalue weighted by molar-refractivity contribution is 0.309. The van der Waals surface area contributed by atoms with Gasteiger partial charge < -0.3 is 0 Å². The van der Waals surface area contributed by atoms with E-state index in [0.29, 0.717) is 5.41 Å². The number of aromatic nitrogens is 4. The second-order valence-electron chi connectivity index (χ2n) is 6.83. The third kappa shape index (κ3) is 2.15. The molecule has 0 bridgehead atoms. The van der Waals surface area contributed by atoms with Crippen molar-refractivity contribution >= 4 is 0 Å². The Kier molecular flexibility index (Phi) is 2.93. The molecule has 2 heterocycles. The van der Waals surface area contributed by atoms with E-state index in [1.54, 1.807) is 6.20 Å². The highest BCUT2D eigenvalue weighted by molar-refractivity contribution is 5.61. The van der Waals surface area contributed by atoms with Crippen LogP contribution in [0.4, 0.5) is 0 Å². The van der Waals surface area contributed by atoms with Crippen molar-refractivity contribution in [2.75, 3.05) is 0 Å². The number of nitrogens with one attached hydrogen (secondary N) is 1. The minimum atomic E-state index is 0.324. The Morgan fingerprint density at radius 1 is 1.14 bits per heavy atom. The van der Waals surface area contributed by atoms with E-state index in [1.165, 1.54) is 17.7 Å². The quantitative estimate of drug-likeness (QED) is 0.781. The third-order valence-corrected chi connectivity index (χ3v) is 4.54. The highest BCUT2D eigenvalue weighted by Gasteiger charge is 2.31. The van der Waals surface area contributed by atoms with Crippen molar-refractivity contribution in [2.24, 2.45) is 5.41 Å². The lowest BCUT2D eigenvalue weighted by Gasteiger charge is -2.30. The van der Waals surface area contributed by atoms with Crippen LogP contribution in [0, 0.1) is 5.41 Å². The maximum Gasteiger partial charge on any atom is 0.114 e. The lowest BCUT2D eigenvalue weighted by Crippen LogP contribution is -2.23.